The third kappa shape index (κ3) is 4.63. The Morgan fingerprint density at radius 3 is 2.43 bits per heavy atom. The van der Waals surface area contributed by atoms with E-state index in [0.717, 1.165) is 12.3 Å². The second-order valence-electron chi connectivity index (χ2n) is 6.52. The van der Waals surface area contributed by atoms with Crippen LogP contribution in [0, 0.1) is 11.2 Å². The first-order valence-electron chi connectivity index (χ1n) is 8.70. The monoisotopic (exact) mass is 435 g/mol. The van der Waals surface area contributed by atoms with E-state index in [0.29, 0.717) is 11.3 Å². The SMILES string of the molecule is CC1C(OS(C)(=O)=O)OC(=O)N1c1ccc(C(=N)NC(=O)c2ccccc2F)cc1. The van der Waals surface area contributed by atoms with Gasteiger partial charge in [-0.25, -0.2) is 13.4 Å². The van der Waals surface area contributed by atoms with Gasteiger partial charge in [0, 0.05) is 11.3 Å². The number of hydrogen-bond donors (Lipinski definition) is 2. The maximum atomic E-state index is 13.7. The smallest absolute Gasteiger partial charge is 0.416 e. The number of benzene rings is 2. The molecule has 1 aliphatic rings. The van der Waals surface area contributed by atoms with Gasteiger partial charge in [0.2, 0.25) is 6.29 Å². The number of amidine groups is 1. The number of ether oxygens (including phenoxy) is 1. The van der Waals surface area contributed by atoms with Crippen LogP contribution in [-0.4, -0.2) is 44.8 Å². The summed E-state index contributed by atoms with van der Waals surface area (Å²) < 4.78 is 46.0. The Hall–Kier alpha value is -3.31. The molecule has 2 aromatic rings. The number of carbonyl (C=O) groups is 2. The molecule has 9 nitrogen and oxygen atoms in total. The molecule has 2 N–H and O–H groups in total. The van der Waals surface area contributed by atoms with Crippen molar-refractivity contribution in [3.8, 4) is 0 Å². The molecule has 1 fully saturated rings. The van der Waals surface area contributed by atoms with Crippen molar-refractivity contribution >= 4 is 33.6 Å². The van der Waals surface area contributed by atoms with E-state index in [2.05, 4.69) is 5.32 Å². The number of nitrogens with zero attached hydrogens (tertiary/aromatic N) is 1. The molecule has 158 valence electrons. The third-order valence-corrected chi connectivity index (χ3v) is 4.81. The minimum atomic E-state index is -3.82. The Balaban J connectivity index is 1.72. The number of carbonyl (C=O) groups excluding carboxylic acids is 2. The Labute approximate surface area is 172 Å². The lowest BCUT2D eigenvalue weighted by Gasteiger charge is -2.20. The van der Waals surface area contributed by atoms with Crippen molar-refractivity contribution in [2.24, 2.45) is 0 Å². The van der Waals surface area contributed by atoms with E-state index in [-0.39, 0.29) is 11.4 Å². The van der Waals surface area contributed by atoms with Gasteiger partial charge in [-0.05, 0) is 43.3 Å². The van der Waals surface area contributed by atoms with Gasteiger partial charge in [-0.1, -0.05) is 12.1 Å². The summed E-state index contributed by atoms with van der Waals surface area (Å²) in [6.45, 7) is 1.56. The predicted octanol–water partition coefficient (Wildman–Crippen LogP) is 2.23. The Morgan fingerprint density at radius 2 is 1.83 bits per heavy atom. The van der Waals surface area contributed by atoms with Crippen LogP contribution in [0.4, 0.5) is 14.9 Å². The average Bonchev–Trinajstić information content (AvgIpc) is 2.93. The van der Waals surface area contributed by atoms with E-state index in [1.165, 1.54) is 47.4 Å². The van der Waals surface area contributed by atoms with Crippen molar-refractivity contribution in [1.82, 2.24) is 5.32 Å². The van der Waals surface area contributed by atoms with Gasteiger partial charge < -0.3 is 10.1 Å². The highest BCUT2D eigenvalue weighted by atomic mass is 32.2. The van der Waals surface area contributed by atoms with Gasteiger partial charge in [0.25, 0.3) is 16.0 Å². The molecule has 1 heterocycles. The Kier molecular flexibility index (Phi) is 5.85. The quantitative estimate of drug-likeness (QED) is 0.421. The van der Waals surface area contributed by atoms with Gasteiger partial charge >= 0.3 is 6.09 Å². The van der Waals surface area contributed by atoms with E-state index in [4.69, 9.17) is 14.3 Å². The van der Waals surface area contributed by atoms with Gasteiger partial charge in [0.15, 0.2) is 0 Å². The van der Waals surface area contributed by atoms with E-state index in [1.54, 1.807) is 6.92 Å². The van der Waals surface area contributed by atoms with E-state index < -0.39 is 40.3 Å². The second-order valence-corrected chi connectivity index (χ2v) is 8.12. The van der Waals surface area contributed by atoms with E-state index in [9.17, 15) is 22.4 Å². The molecule has 2 unspecified atom stereocenters. The summed E-state index contributed by atoms with van der Waals surface area (Å²) in [4.78, 5) is 25.5. The van der Waals surface area contributed by atoms with Gasteiger partial charge in [-0.2, -0.15) is 8.42 Å². The first-order valence-corrected chi connectivity index (χ1v) is 10.5. The highest BCUT2D eigenvalue weighted by molar-refractivity contribution is 7.86. The minimum Gasteiger partial charge on any atom is -0.416 e. The number of cyclic esters (lactones) is 1. The molecule has 30 heavy (non-hydrogen) atoms. The van der Waals surface area contributed by atoms with Crippen LogP contribution < -0.4 is 10.2 Å². The highest BCUT2D eigenvalue weighted by Crippen LogP contribution is 2.28. The lowest BCUT2D eigenvalue weighted by molar-refractivity contribution is -0.00472. The summed E-state index contributed by atoms with van der Waals surface area (Å²) in [5.74, 6) is -1.73. The molecule has 0 spiro atoms. The van der Waals surface area contributed by atoms with Crippen LogP contribution in [0.3, 0.4) is 0 Å². The summed E-state index contributed by atoms with van der Waals surface area (Å²) in [6, 6.07) is 10.6. The second kappa shape index (κ2) is 8.20. The number of nitrogens with one attached hydrogen (secondary N) is 2. The summed E-state index contributed by atoms with van der Waals surface area (Å²) in [5, 5.41) is 10.3. The Bertz CT molecular complexity index is 1100. The van der Waals surface area contributed by atoms with Crippen molar-refractivity contribution in [2.75, 3.05) is 11.2 Å². The molecule has 2 atom stereocenters. The van der Waals surface area contributed by atoms with Crippen LogP contribution in [0.15, 0.2) is 48.5 Å². The van der Waals surface area contributed by atoms with Crippen LogP contribution in [0.1, 0.15) is 22.8 Å². The van der Waals surface area contributed by atoms with Crippen LogP contribution in [0.5, 0.6) is 0 Å². The largest absolute Gasteiger partial charge is 0.417 e. The molecule has 0 aromatic heterocycles. The molecule has 1 aliphatic heterocycles. The van der Waals surface area contributed by atoms with Crippen molar-refractivity contribution in [2.45, 2.75) is 19.3 Å². The summed E-state index contributed by atoms with van der Waals surface area (Å²) in [5.41, 5.74) is 0.501. The van der Waals surface area contributed by atoms with Gasteiger partial charge in [0.1, 0.15) is 17.7 Å². The maximum Gasteiger partial charge on any atom is 0.417 e. The zero-order valence-corrected chi connectivity index (χ0v) is 16.8. The van der Waals surface area contributed by atoms with Crippen molar-refractivity contribution in [1.29, 1.82) is 5.41 Å². The van der Waals surface area contributed by atoms with Gasteiger partial charge in [-0.3, -0.25) is 15.1 Å². The normalized spacial score (nSPS) is 18.8. The lowest BCUT2D eigenvalue weighted by atomic mass is 10.1. The Morgan fingerprint density at radius 1 is 1.20 bits per heavy atom. The molecule has 2 amide bonds. The summed E-state index contributed by atoms with van der Waals surface area (Å²) >= 11 is 0. The van der Waals surface area contributed by atoms with Crippen LogP contribution >= 0.6 is 0 Å². The highest BCUT2D eigenvalue weighted by Gasteiger charge is 2.42. The average molecular weight is 435 g/mol. The molecule has 3 rings (SSSR count). The summed E-state index contributed by atoms with van der Waals surface area (Å²) in [6.07, 6.45) is -1.22. The zero-order chi connectivity index (χ0) is 22.1. The fourth-order valence-corrected chi connectivity index (χ4v) is 3.39. The van der Waals surface area contributed by atoms with Crippen LogP contribution in [-0.2, 0) is 19.0 Å². The number of amides is 2. The molecule has 1 saturated heterocycles. The number of anilines is 1. The fraction of sp³-hybridized carbons (Fsp3) is 0.211. The zero-order valence-electron chi connectivity index (χ0n) is 16.0. The number of hydrogen-bond acceptors (Lipinski definition) is 7. The molecule has 0 bridgehead atoms. The van der Waals surface area contributed by atoms with Gasteiger partial charge in [0.05, 0.1) is 11.8 Å². The molecule has 0 radical (unpaired) electrons. The topological polar surface area (TPSA) is 126 Å². The fourth-order valence-electron chi connectivity index (χ4n) is 2.84. The lowest BCUT2D eigenvalue weighted by Crippen LogP contribution is -2.36. The maximum absolute atomic E-state index is 13.7. The van der Waals surface area contributed by atoms with Crippen LogP contribution in [0.25, 0.3) is 0 Å². The standard InChI is InChI=1S/C19H18FN3O6S/c1-11-18(29-30(2,26)27)28-19(25)23(11)13-9-7-12(8-10-13)16(21)22-17(24)14-5-3-4-6-15(14)20/h3-11,18H,1-2H3,(H2,21,22,24). The molecular formula is C19H18FN3O6S. The molecular weight excluding hydrogens is 417 g/mol. The van der Waals surface area contributed by atoms with Crippen molar-refractivity contribution in [3.63, 3.8) is 0 Å². The first kappa shape index (κ1) is 21.4. The number of halogens is 1. The molecule has 0 saturated carbocycles. The molecule has 11 heteroatoms. The minimum absolute atomic E-state index is 0.190. The summed E-state index contributed by atoms with van der Waals surface area (Å²) in [7, 11) is -3.82. The first-order chi connectivity index (χ1) is 14.1. The molecule has 0 aliphatic carbocycles. The third-order valence-electron chi connectivity index (χ3n) is 4.28. The van der Waals surface area contributed by atoms with Gasteiger partial charge in [-0.15, -0.1) is 0 Å². The van der Waals surface area contributed by atoms with Crippen molar-refractivity contribution < 1.29 is 31.3 Å². The van der Waals surface area contributed by atoms with E-state index in [1.807, 2.05) is 0 Å². The van der Waals surface area contributed by atoms with E-state index >= 15 is 0 Å². The molecule has 2 aromatic carbocycles. The predicted molar refractivity (Wildman–Crippen MR) is 105 cm³/mol. The number of rotatable bonds is 5. The van der Waals surface area contributed by atoms with Crippen molar-refractivity contribution in [3.05, 3.63) is 65.5 Å². The van der Waals surface area contributed by atoms with Crippen LogP contribution in [0.2, 0.25) is 0 Å².